The molecule has 0 bridgehead atoms. The van der Waals surface area contributed by atoms with E-state index >= 15 is 0 Å². The first kappa shape index (κ1) is 24.5. The molecule has 0 aromatic heterocycles. The minimum absolute atomic E-state index is 0. The van der Waals surface area contributed by atoms with E-state index in [9.17, 15) is 4.79 Å². The Morgan fingerprint density at radius 3 is 2.50 bits per heavy atom. The van der Waals surface area contributed by atoms with Gasteiger partial charge in [-0.1, -0.05) is 38.8 Å². The number of halogens is 1. The minimum Gasteiger partial charge on any atom is -0.484 e. The van der Waals surface area contributed by atoms with Gasteiger partial charge in [-0.05, 0) is 23.6 Å². The molecule has 0 aliphatic rings. The van der Waals surface area contributed by atoms with E-state index in [0.29, 0.717) is 18.2 Å². The van der Waals surface area contributed by atoms with Gasteiger partial charge >= 0.3 is 0 Å². The molecule has 1 aromatic rings. The fraction of sp³-hybridized carbons (Fsp3) is 0.579. The van der Waals surface area contributed by atoms with E-state index in [-0.39, 0.29) is 36.5 Å². The number of hydrogen-bond donors (Lipinski definition) is 2. The van der Waals surface area contributed by atoms with E-state index in [2.05, 4.69) is 29.5 Å². The number of carbonyl (C=O) groups is 1. The van der Waals surface area contributed by atoms with E-state index in [1.54, 1.807) is 21.1 Å². The number of hydrogen-bond acceptors (Lipinski definition) is 3. The summed E-state index contributed by atoms with van der Waals surface area (Å²) in [6.07, 6.45) is 2.32. The number of ether oxygens (including phenoxy) is 1. The number of likely N-dealkylation sites (N-methyl/N-ethyl adjacent to an activating group) is 1. The van der Waals surface area contributed by atoms with Crippen molar-refractivity contribution in [2.75, 3.05) is 34.3 Å². The summed E-state index contributed by atoms with van der Waals surface area (Å²) in [7, 11) is 5.20. The molecule has 0 aliphatic carbocycles. The highest BCUT2D eigenvalue weighted by molar-refractivity contribution is 14.0. The largest absolute Gasteiger partial charge is 0.484 e. The van der Waals surface area contributed by atoms with Crippen LogP contribution in [0, 0.1) is 5.92 Å². The van der Waals surface area contributed by atoms with Crippen molar-refractivity contribution in [1.82, 2.24) is 15.5 Å². The van der Waals surface area contributed by atoms with E-state index in [1.807, 2.05) is 24.3 Å². The van der Waals surface area contributed by atoms with E-state index in [4.69, 9.17) is 4.74 Å². The summed E-state index contributed by atoms with van der Waals surface area (Å²) in [5.74, 6) is 2.08. The number of amides is 1. The maximum atomic E-state index is 11.6. The molecule has 0 fully saturated rings. The molecule has 148 valence electrons. The minimum atomic E-state index is -0.0606. The molecule has 2 N–H and O–H groups in total. The second-order valence-electron chi connectivity index (χ2n) is 6.21. The molecule has 7 heteroatoms. The standard InChI is InChI=1S/C19H32N4O2.HI/c1-6-15(7-2)12-21-19(20-3)22-13-16-9-8-10-17(11-16)25-14-18(24)23(4)5;/h8-11,15H,6-7,12-14H2,1-5H3,(H2,20,21,22);1H. The first-order valence-corrected chi connectivity index (χ1v) is 8.86. The maximum absolute atomic E-state index is 11.6. The highest BCUT2D eigenvalue weighted by Crippen LogP contribution is 2.13. The molecule has 0 saturated carbocycles. The van der Waals surface area contributed by atoms with Crippen LogP contribution >= 0.6 is 24.0 Å². The lowest BCUT2D eigenvalue weighted by atomic mass is 10.0. The summed E-state index contributed by atoms with van der Waals surface area (Å²) in [6, 6.07) is 7.73. The van der Waals surface area contributed by atoms with Crippen molar-refractivity contribution < 1.29 is 9.53 Å². The molecule has 0 heterocycles. The zero-order valence-corrected chi connectivity index (χ0v) is 18.9. The molecule has 0 unspecified atom stereocenters. The van der Waals surface area contributed by atoms with Gasteiger partial charge in [0.1, 0.15) is 5.75 Å². The Morgan fingerprint density at radius 1 is 1.23 bits per heavy atom. The molecule has 1 amide bonds. The number of guanidine groups is 1. The molecule has 26 heavy (non-hydrogen) atoms. The highest BCUT2D eigenvalue weighted by Gasteiger charge is 2.07. The quantitative estimate of drug-likeness (QED) is 0.327. The van der Waals surface area contributed by atoms with Crippen LogP contribution < -0.4 is 15.4 Å². The Hall–Kier alpha value is -1.51. The predicted molar refractivity (Wildman–Crippen MR) is 118 cm³/mol. The first-order valence-electron chi connectivity index (χ1n) is 8.86. The SMILES string of the molecule is CCC(CC)CNC(=NC)NCc1cccc(OCC(=O)N(C)C)c1.I. The molecule has 0 saturated heterocycles. The summed E-state index contributed by atoms with van der Waals surface area (Å²) < 4.78 is 5.55. The predicted octanol–water partition coefficient (Wildman–Crippen LogP) is 2.87. The molecule has 6 nitrogen and oxygen atoms in total. The number of aliphatic imine (C=N–C) groups is 1. The molecule has 0 spiro atoms. The summed E-state index contributed by atoms with van der Waals surface area (Å²) in [5, 5.41) is 6.67. The summed E-state index contributed by atoms with van der Waals surface area (Å²) in [5.41, 5.74) is 1.07. The van der Waals surface area contributed by atoms with Gasteiger partial charge in [0.05, 0.1) is 0 Å². The first-order chi connectivity index (χ1) is 12.0. The Kier molecular flexibility index (Phi) is 12.9. The summed E-state index contributed by atoms with van der Waals surface area (Å²) in [6.45, 7) is 6.02. The van der Waals surface area contributed by atoms with Crippen molar-refractivity contribution in [2.45, 2.75) is 33.2 Å². The average molecular weight is 476 g/mol. The van der Waals surface area contributed by atoms with Gasteiger partial charge in [-0.25, -0.2) is 0 Å². The Morgan fingerprint density at radius 2 is 1.92 bits per heavy atom. The number of benzene rings is 1. The van der Waals surface area contributed by atoms with Crippen molar-refractivity contribution in [2.24, 2.45) is 10.9 Å². The molecule has 0 radical (unpaired) electrons. The fourth-order valence-corrected chi connectivity index (χ4v) is 2.24. The van der Waals surface area contributed by atoms with Gasteiger partial charge in [-0.3, -0.25) is 9.79 Å². The van der Waals surface area contributed by atoms with E-state index in [1.165, 1.54) is 4.90 Å². The average Bonchev–Trinajstić information content (AvgIpc) is 2.63. The fourth-order valence-electron chi connectivity index (χ4n) is 2.24. The van der Waals surface area contributed by atoms with Crippen molar-refractivity contribution in [3.63, 3.8) is 0 Å². The molecule has 1 rings (SSSR count). The topological polar surface area (TPSA) is 66.0 Å². The van der Waals surface area contributed by atoms with Crippen LogP contribution in [0.4, 0.5) is 0 Å². The van der Waals surface area contributed by atoms with Crippen LogP contribution in [0.1, 0.15) is 32.3 Å². The van der Waals surface area contributed by atoms with E-state index < -0.39 is 0 Å². The van der Waals surface area contributed by atoms with E-state index in [0.717, 1.165) is 30.9 Å². The lowest BCUT2D eigenvalue weighted by Gasteiger charge is -2.17. The number of rotatable bonds is 9. The molecule has 1 aromatic carbocycles. The summed E-state index contributed by atoms with van der Waals surface area (Å²) in [4.78, 5) is 17.4. The van der Waals surface area contributed by atoms with Gasteiger partial charge in [0.25, 0.3) is 5.91 Å². The maximum Gasteiger partial charge on any atom is 0.259 e. The zero-order valence-electron chi connectivity index (χ0n) is 16.5. The van der Waals surface area contributed by atoms with Gasteiger partial charge in [-0.15, -0.1) is 24.0 Å². The van der Waals surface area contributed by atoms with Crippen LogP contribution in [0.2, 0.25) is 0 Å². The lowest BCUT2D eigenvalue weighted by Crippen LogP contribution is -2.39. The Labute approximate surface area is 174 Å². The zero-order chi connectivity index (χ0) is 18.7. The third kappa shape index (κ3) is 9.26. The number of nitrogens with zero attached hydrogens (tertiary/aromatic N) is 2. The van der Waals surface area contributed by atoms with Crippen LogP contribution in [-0.2, 0) is 11.3 Å². The van der Waals surface area contributed by atoms with Crippen LogP contribution in [0.5, 0.6) is 5.75 Å². The summed E-state index contributed by atoms with van der Waals surface area (Å²) >= 11 is 0. The molecule has 0 atom stereocenters. The van der Waals surface area contributed by atoms with Crippen LogP contribution in [0.15, 0.2) is 29.3 Å². The van der Waals surface area contributed by atoms with Crippen molar-refractivity contribution in [3.05, 3.63) is 29.8 Å². The van der Waals surface area contributed by atoms with Crippen LogP contribution in [0.25, 0.3) is 0 Å². The van der Waals surface area contributed by atoms with Crippen LogP contribution in [0.3, 0.4) is 0 Å². The Bertz CT molecular complexity index is 560. The lowest BCUT2D eigenvalue weighted by molar-refractivity contribution is -0.130. The van der Waals surface area contributed by atoms with Gasteiger partial charge in [-0.2, -0.15) is 0 Å². The normalized spacial score (nSPS) is 10.9. The molecular weight excluding hydrogens is 443 g/mol. The van der Waals surface area contributed by atoms with Gasteiger partial charge < -0.3 is 20.3 Å². The van der Waals surface area contributed by atoms with Crippen LogP contribution in [-0.4, -0.2) is 51.1 Å². The smallest absolute Gasteiger partial charge is 0.259 e. The second kappa shape index (κ2) is 13.7. The third-order valence-electron chi connectivity index (χ3n) is 4.16. The number of carbonyl (C=O) groups excluding carboxylic acids is 1. The van der Waals surface area contributed by atoms with Crippen molar-refractivity contribution >= 4 is 35.8 Å². The molecular formula is C19H33IN4O2. The van der Waals surface area contributed by atoms with Gasteiger partial charge in [0, 0.05) is 34.2 Å². The van der Waals surface area contributed by atoms with Gasteiger partial charge in [0.2, 0.25) is 0 Å². The second-order valence-corrected chi connectivity index (χ2v) is 6.21. The number of nitrogens with one attached hydrogen (secondary N) is 2. The molecule has 0 aliphatic heterocycles. The van der Waals surface area contributed by atoms with Gasteiger partial charge in [0.15, 0.2) is 12.6 Å². The Balaban J connectivity index is 0.00000625. The van der Waals surface area contributed by atoms with Crippen molar-refractivity contribution in [3.8, 4) is 5.75 Å². The highest BCUT2D eigenvalue weighted by atomic mass is 127. The third-order valence-corrected chi connectivity index (χ3v) is 4.16. The van der Waals surface area contributed by atoms with Crippen molar-refractivity contribution in [1.29, 1.82) is 0 Å². The monoisotopic (exact) mass is 476 g/mol.